The highest BCUT2D eigenvalue weighted by Gasteiger charge is 2.12. The first-order valence-electron chi connectivity index (χ1n) is 7.10. The van der Waals surface area contributed by atoms with Crippen molar-refractivity contribution in [2.75, 3.05) is 18.5 Å². The van der Waals surface area contributed by atoms with Crippen LogP contribution >= 0.6 is 0 Å². The van der Waals surface area contributed by atoms with Crippen molar-refractivity contribution < 1.29 is 4.79 Å². The minimum absolute atomic E-state index is 0.222. The van der Waals surface area contributed by atoms with Crippen LogP contribution in [0.25, 0.3) is 0 Å². The second kappa shape index (κ2) is 7.36. The van der Waals surface area contributed by atoms with E-state index in [4.69, 9.17) is 0 Å². The fourth-order valence-corrected chi connectivity index (χ4v) is 2.02. The van der Waals surface area contributed by atoms with E-state index in [1.54, 1.807) is 12.1 Å². The molecule has 5 heteroatoms. The van der Waals surface area contributed by atoms with Crippen LogP contribution in [0, 0.1) is 6.92 Å². The molecule has 22 heavy (non-hydrogen) atoms. The highest BCUT2D eigenvalue weighted by molar-refractivity contribution is 5.92. The molecule has 1 N–H and O–H groups in total. The first kappa shape index (κ1) is 15.7. The molecule has 1 heterocycles. The Labute approximate surface area is 130 Å². The summed E-state index contributed by atoms with van der Waals surface area (Å²) in [4.78, 5) is 22.7. The standard InChI is InChI=1S/C17H20N4O/c1-4-10-18-16(22)15-11-13(2)19-17(20-15)21(3)12-14-8-6-5-7-9-14/h4-9,11H,1,10,12H2,2-3H3,(H,18,22). The van der Waals surface area contributed by atoms with Crippen molar-refractivity contribution in [1.82, 2.24) is 15.3 Å². The quantitative estimate of drug-likeness (QED) is 0.831. The number of amides is 1. The molecular weight excluding hydrogens is 276 g/mol. The van der Waals surface area contributed by atoms with Gasteiger partial charge in [-0.25, -0.2) is 9.97 Å². The number of carbonyl (C=O) groups is 1. The van der Waals surface area contributed by atoms with Crippen molar-refractivity contribution in [3.8, 4) is 0 Å². The van der Waals surface area contributed by atoms with Crippen molar-refractivity contribution in [1.29, 1.82) is 0 Å². The summed E-state index contributed by atoms with van der Waals surface area (Å²) in [5.74, 6) is 0.312. The Morgan fingerprint density at radius 2 is 2.05 bits per heavy atom. The van der Waals surface area contributed by atoms with Crippen LogP contribution < -0.4 is 10.2 Å². The highest BCUT2D eigenvalue weighted by Crippen LogP contribution is 2.12. The average molecular weight is 296 g/mol. The van der Waals surface area contributed by atoms with Gasteiger partial charge in [0.1, 0.15) is 5.69 Å². The van der Waals surface area contributed by atoms with Gasteiger partial charge in [-0.15, -0.1) is 6.58 Å². The predicted molar refractivity (Wildman–Crippen MR) is 87.8 cm³/mol. The van der Waals surface area contributed by atoms with Gasteiger partial charge >= 0.3 is 0 Å². The lowest BCUT2D eigenvalue weighted by molar-refractivity contribution is 0.0953. The summed E-state index contributed by atoms with van der Waals surface area (Å²) in [6.45, 7) is 6.53. The lowest BCUT2D eigenvalue weighted by Gasteiger charge is -2.18. The van der Waals surface area contributed by atoms with Crippen LogP contribution in [0.4, 0.5) is 5.95 Å². The molecule has 0 atom stereocenters. The van der Waals surface area contributed by atoms with Crippen LogP contribution in [0.2, 0.25) is 0 Å². The monoisotopic (exact) mass is 296 g/mol. The van der Waals surface area contributed by atoms with Crippen LogP contribution in [0.1, 0.15) is 21.7 Å². The van der Waals surface area contributed by atoms with E-state index in [9.17, 15) is 4.79 Å². The van der Waals surface area contributed by atoms with Crippen LogP contribution in [-0.2, 0) is 6.54 Å². The van der Waals surface area contributed by atoms with Crippen molar-refractivity contribution in [3.05, 3.63) is 66.0 Å². The molecule has 0 aliphatic carbocycles. The largest absolute Gasteiger partial charge is 0.347 e. The van der Waals surface area contributed by atoms with Crippen molar-refractivity contribution in [2.45, 2.75) is 13.5 Å². The van der Waals surface area contributed by atoms with E-state index in [-0.39, 0.29) is 5.91 Å². The maximum atomic E-state index is 12.0. The summed E-state index contributed by atoms with van der Waals surface area (Å²) in [7, 11) is 1.91. The Hall–Kier alpha value is -2.69. The third-order valence-electron chi connectivity index (χ3n) is 3.09. The smallest absolute Gasteiger partial charge is 0.270 e. The van der Waals surface area contributed by atoms with Gasteiger partial charge in [0.05, 0.1) is 0 Å². The molecule has 0 saturated carbocycles. The molecule has 0 saturated heterocycles. The van der Waals surface area contributed by atoms with E-state index in [2.05, 4.69) is 21.9 Å². The van der Waals surface area contributed by atoms with E-state index in [0.717, 1.165) is 11.3 Å². The lowest BCUT2D eigenvalue weighted by Crippen LogP contribution is -2.26. The van der Waals surface area contributed by atoms with Gasteiger partial charge in [0.2, 0.25) is 5.95 Å². The minimum atomic E-state index is -0.222. The molecule has 0 aliphatic heterocycles. The summed E-state index contributed by atoms with van der Waals surface area (Å²) in [5, 5.41) is 2.73. The maximum absolute atomic E-state index is 12.0. The van der Waals surface area contributed by atoms with Crippen LogP contribution in [0.3, 0.4) is 0 Å². The Morgan fingerprint density at radius 3 is 2.73 bits per heavy atom. The first-order valence-corrected chi connectivity index (χ1v) is 7.10. The summed E-state index contributed by atoms with van der Waals surface area (Å²) in [5.41, 5.74) is 2.28. The second-order valence-electron chi connectivity index (χ2n) is 5.03. The number of anilines is 1. The molecule has 1 aromatic heterocycles. The lowest BCUT2D eigenvalue weighted by atomic mass is 10.2. The number of nitrogens with zero attached hydrogens (tertiary/aromatic N) is 3. The zero-order valence-electron chi connectivity index (χ0n) is 12.9. The van der Waals surface area contributed by atoms with Gasteiger partial charge in [0.15, 0.2) is 0 Å². The number of nitrogens with one attached hydrogen (secondary N) is 1. The average Bonchev–Trinajstić information content (AvgIpc) is 2.53. The zero-order valence-corrected chi connectivity index (χ0v) is 12.9. The fraction of sp³-hybridized carbons (Fsp3) is 0.235. The van der Waals surface area contributed by atoms with Crippen LogP contribution in [0.15, 0.2) is 49.1 Å². The minimum Gasteiger partial charge on any atom is -0.347 e. The molecule has 0 unspecified atom stereocenters. The Kier molecular flexibility index (Phi) is 5.25. The number of hydrogen-bond acceptors (Lipinski definition) is 4. The van der Waals surface area contributed by atoms with E-state index in [0.29, 0.717) is 24.7 Å². The number of benzene rings is 1. The molecule has 2 aromatic rings. The van der Waals surface area contributed by atoms with Gasteiger partial charge in [-0.2, -0.15) is 0 Å². The molecule has 114 valence electrons. The topological polar surface area (TPSA) is 58.1 Å². The molecule has 0 fully saturated rings. The van der Waals surface area contributed by atoms with Crippen LogP contribution in [-0.4, -0.2) is 29.5 Å². The van der Waals surface area contributed by atoms with E-state index in [1.807, 2.05) is 49.2 Å². The van der Waals surface area contributed by atoms with Crippen molar-refractivity contribution in [3.63, 3.8) is 0 Å². The molecule has 0 bridgehead atoms. The van der Waals surface area contributed by atoms with Gasteiger partial charge < -0.3 is 10.2 Å². The normalized spacial score (nSPS) is 10.1. The number of rotatable bonds is 6. The SMILES string of the molecule is C=CCNC(=O)c1cc(C)nc(N(C)Cc2ccccc2)n1. The van der Waals surface area contributed by atoms with E-state index >= 15 is 0 Å². The molecule has 0 spiro atoms. The van der Waals surface area contributed by atoms with Gasteiger partial charge in [-0.3, -0.25) is 4.79 Å². The number of carbonyl (C=O) groups excluding carboxylic acids is 1. The van der Waals surface area contributed by atoms with Crippen molar-refractivity contribution >= 4 is 11.9 Å². The molecular formula is C17H20N4O. The summed E-state index contributed by atoms with van der Waals surface area (Å²) in [6.07, 6.45) is 1.63. The Bertz CT molecular complexity index is 655. The van der Waals surface area contributed by atoms with Gasteiger partial charge in [-0.1, -0.05) is 36.4 Å². The van der Waals surface area contributed by atoms with E-state index in [1.165, 1.54) is 0 Å². The van der Waals surface area contributed by atoms with Gasteiger partial charge in [0.25, 0.3) is 5.91 Å². The number of hydrogen-bond donors (Lipinski definition) is 1. The first-order chi connectivity index (χ1) is 10.6. The number of aryl methyl sites for hydroxylation is 1. The third kappa shape index (κ3) is 4.15. The van der Waals surface area contributed by atoms with Gasteiger partial charge in [-0.05, 0) is 18.6 Å². The fourth-order valence-electron chi connectivity index (χ4n) is 2.02. The van der Waals surface area contributed by atoms with Gasteiger partial charge in [0, 0.05) is 25.8 Å². The zero-order chi connectivity index (χ0) is 15.9. The Balaban J connectivity index is 2.18. The molecule has 1 amide bonds. The highest BCUT2D eigenvalue weighted by atomic mass is 16.1. The number of aromatic nitrogens is 2. The summed E-state index contributed by atoms with van der Waals surface area (Å²) < 4.78 is 0. The molecule has 0 aliphatic rings. The Morgan fingerprint density at radius 1 is 1.32 bits per heavy atom. The molecule has 5 nitrogen and oxygen atoms in total. The predicted octanol–water partition coefficient (Wildman–Crippen LogP) is 2.34. The van der Waals surface area contributed by atoms with Crippen LogP contribution in [0.5, 0.6) is 0 Å². The maximum Gasteiger partial charge on any atom is 0.270 e. The molecule has 0 radical (unpaired) electrons. The summed E-state index contributed by atoms with van der Waals surface area (Å²) in [6, 6.07) is 11.7. The molecule has 1 aromatic carbocycles. The van der Waals surface area contributed by atoms with Crippen molar-refractivity contribution in [2.24, 2.45) is 0 Å². The van der Waals surface area contributed by atoms with E-state index < -0.39 is 0 Å². The molecule has 2 rings (SSSR count). The second-order valence-corrected chi connectivity index (χ2v) is 5.03. The third-order valence-corrected chi connectivity index (χ3v) is 3.09. The summed E-state index contributed by atoms with van der Waals surface area (Å²) >= 11 is 0.